The minimum Gasteiger partial charge on any atom is -0.339 e. The van der Waals surface area contributed by atoms with E-state index in [2.05, 4.69) is 69.4 Å². The highest BCUT2D eigenvalue weighted by atomic mass is 15.2. The van der Waals surface area contributed by atoms with E-state index in [0.29, 0.717) is 0 Å². The SMILES string of the molecule is Cc1ccc(Cn2c(C)cc3c2ccc2nnc(C)n23)cc1. The van der Waals surface area contributed by atoms with Gasteiger partial charge in [-0.25, -0.2) is 0 Å². The van der Waals surface area contributed by atoms with Gasteiger partial charge in [0.25, 0.3) is 0 Å². The Bertz CT molecular complexity index is 974. The number of nitrogens with zero attached hydrogens (tertiary/aromatic N) is 4. The molecule has 4 aromatic rings. The van der Waals surface area contributed by atoms with Crippen molar-refractivity contribution < 1.29 is 0 Å². The molecule has 110 valence electrons. The second kappa shape index (κ2) is 4.70. The van der Waals surface area contributed by atoms with Crippen molar-refractivity contribution in [3.8, 4) is 0 Å². The van der Waals surface area contributed by atoms with Gasteiger partial charge in [-0.2, -0.15) is 0 Å². The van der Waals surface area contributed by atoms with E-state index in [9.17, 15) is 0 Å². The molecule has 0 bridgehead atoms. The van der Waals surface area contributed by atoms with Crippen LogP contribution >= 0.6 is 0 Å². The Labute approximate surface area is 129 Å². The number of rotatable bonds is 2. The van der Waals surface area contributed by atoms with Crippen LogP contribution in [-0.2, 0) is 6.54 Å². The van der Waals surface area contributed by atoms with Crippen LogP contribution in [0.4, 0.5) is 0 Å². The van der Waals surface area contributed by atoms with Crippen LogP contribution in [0.15, 0.2) is 42.5 Å². The van der Waals surface area contributed by atoms with Crippen molar-refractivity contribution in [2.75, 3.05) is 0 Å². The van der Waals surface area contributed by atoms with Gasteiger partial charge in [-0.15, -0.1) is 10.2 Å². The summed E-state index contributed by atoms with van der Waals surface area (Å²) in [5.41, 5.74) is 7.14. The lowest BCUT2D eigenvalue weighted by Crippen LogP contribution is -2.01. The van der Waals surface area contributed by atoms with Crippen LogP contribution in [0.3, 0.4) is 0 Å². The Balaban J connectivity index is 1.90. The van der Waals surface area contributed by atoms with Gasteiger partial charge in [-0.3, -0.25) is 4.40 Å². The maximum Gasteiger partial charge on any atom is 0.161 e. The minimum absolute atomic E-state index is 0.877. The van der Waals surface area contributed by atoms with E-state index in [1.165, 1.54) is 27.9 Å². The quantitative estimate of drug-likeness (QED) is 0.565. The molecule has 1 aromatic carbocycles. The molecular formula is C18H18N4. The highest BCUT2D eigenvalue weighted by molar-refractivity contribution is 5.81. The Morgan fingerprint density at radius 1 is 0.864 bits per heavy atom. The molecule has 0 aliphatic heterocycles. The molecule has 3 aromatic heterocycles. The largest absolute Gasteiger partial charge is 0.339 e. The van der Waals surface area contributed by atoms with Crippen molar-refractivity contribution in [1.29, 1.82) is 0 Å². The Morgan fingerprint density at radius 3 is 2.41 bits per heavy atom. The third-order valence-electron chi connectivity index (χ3n) is 4.27. The summed E-state index contributed by atoms with van der Waals surface area (Å²) in [6.45, 7) is 7.14. The van der Waals surface area contributed by atoms with Crippen molar-refractivity contribution in [2.45, 2.75) is 27.3 Å². The monoisotopic (exact) mass is 290 g/mol. The topological polar surface area (TPSA) is 35.1 Å². The lowest BCUT2D eigenvalue weighted by Gasteiger charge is -2.09. The van der Waals surface area contributed by atoms with E-state index in [-0.39, 0.29) is 0 Å². The molecule has 4 rings (SSSR count). The first-order chi connectivity index (χ1) is 10.6. The fourth-order valence-electron chi connectivity index (χ4n) is 3.06. The average molecular weight is 290 g/mol. The van der Waals surface area contributed by atoms with Crippen LogP contribution in [0.2, 0.25) is 0 Å². The zero-order valence-corrected chi connectivity index (χ0v) is 13.0. The lowest BCUT2D eigenvalue weighted by molar-refractivity contribution is 0.804. The van der Waals surface area contributed by atoms with E-state index in [1.54, 1.807) is 0 Å². The number of hydrogen-bond donors (Lipinski definition) is 0. The smallest absolute Gasteiger partial charge is 0.161 e. The standard InChI is InChI=1S/C18H18N4/c1-12-4-6-15(7-5-12)11-21-13(2)10-17-16(21)8-9-18-20-19-14(3)22(17)18/h4-10H,11H2,1-3H3. The van der Waals surface area contributed by atoms with Crippen molar-refractivity contribution in [3.63, 3.8) is 0 Å². The Hall–Kier alpha value is -2.62. The minimum atomic E-state index is 0.877. The van der Waals surface area contributed by atoms with Crippen LogP contribution in [0.5, 0.6) is 0 Å². The number of aryl methyl sites for hydroxylation is 3. The number of benzene rings is 1. The summed E-state index contributed by atoms with van der Waals surface area (Å²) < 4.78 is 4.47. The van der Waals surface area contributed by atoms with Crippen LogP contribution in [0, 0.1) is 20.8 Å². The van der Waals surface area contributed by atoms with Crippen LogP contribution in [-0.4, -0.2) is 19.2 Å². The van der Waals surface area contributed by atoms with Gasteiger partial charge < -0.3 is 4.57 Å². The van der Waals surface area contributed by atoms with Gasteiger partial charge in [-0.05, 0) is 44.5 Å². The summed E-state index contributed by atoms with van der Waals surface area (Å²) in [7, 11) is 0. The van der Waals surface area contributed by atoms with E-state index in [4.69, 9.17) is 0 Å². The summed E-state index contributed by atoms with van der Waals surface area (Å²) in [5.74, 6) is 0.924. The van der Waals surface area contributed by atoms with Crippen molar-refractivity contribution >= 4 is 16.7 Å². The van der Waals surface area contributed by atoms with Crippen LogP contribution < -0.4 is 0 Å². The zero-order valence-electron chi connectivity index (χ0n) is 13.0. The molecule has 4 nitrogen and oxygen atoms in total. The van der Waals surface area contributed by atoms with Gasteiger partial charge in [0, 0.05) is 12.2 Å². The maximum absolute atomic E-state index is 4.20. The molecule has 0 aliphatic rings. The second-order valence-corrected chi connectivity index (χ2v) is 5.90. The number of pyridine rings is 1. The molecule has 0 atom stereocenters. The number of hydrogen-bond acceptors (Lipinski definition) is 2. The first-order valence-corrected chi connectivity index (χ1v) is 7.49. The summed E-state index contributed by atoms with van der Waals surface area (Å²) in [4.78, 5) is 0. The highest BCUT2D eigenvalue weighted by Crippen LogP contribution is 2.23. The van der Waals surface area contributed by atoms with Crippen LogP contribution in [0.25, 0.3) is 16.7 Å². The van der Waals surface area contributed by atoms with Gasteiger partial charge in [0.1, 0.15) is 5.82 Å². The normalized spacial score (nSPS) is 11.6. The van der Waals surface area contributed by atoms with Gasteiger partial charge >= 0.3 is 0 Å². The van der Waals surface area contributed by atoms with Gasteiger partial charge in [0.05, 0.1) is 11.0 Å². The molecule has 0 spiro atoms. The first-order valence-electron chi connectivity index (χ1n) is 7.49. The van der Waals surface area contributed by atoms with E-state index in [1.807, 2.05) is 13.0 Å². The lowest BCUT2D eigenvalue weighted by atomic mass is 10.1. The summed E-state index contributed by atoms with van der Waals surface area (Å²) >= 11 is 0. The van der Waals surface area contributed by atoms with Crippen molar-refractivity contribution in [2.24, 2.45) is 0 Å². The molecule has 0 unspecified atom stereocenters. The molecule has 22 heavy (non-hydrogen) atoms. The third-order valence-corrected chi connectivity index (χ3v) is 4.27. The maximum atomic E-state index is 4.20. The summed E-state index contributed by atoms with van der Waals surface area (Å²) in [5, 5.41) is 8.39. The summed E-state index contributed by atoms with van der Waals surface area (Å²) in [6.07, 6.45) is 0. The predicted octanol–water partition coefficient (Wildman–Crippen LogP) is 3.66. The molecule has 0 saturated carbocycles. The molecule has 4 heteroatoms. The fourth-order valence-corrected chi connectivity index (χ4v) is 3.06. The summed E-state index contributed by atoms with van der Waals surface area (Å²) in [6, 6.07) is 15.1. The van der Waals surface area contributed by atoms with Gasteiger partial charge in [-0.1, -0.05) is 29.8 Å². The molecular weight excluding hydrogens is 272 g/mol. The predicted molar refractivity (Wildman–Crippen MR) is 88.2 cm³/mol. The zero-order chi connectivity index (χ0) is 15.3. The number of fused-ring (bicyclic) bond motifs is 3. The first kappa shape index (κ1) is 13.1. The number of aromatic nitrogens is 4. The molecule has 0 N–H and O–H groups in total. The van der Waals surface area contributed by atoms with Crippen LogP contribution in [0.1, 0.15) is 22.6 Å². The second-order valence-electron chi connectivity index (χ2n) is 5.90. The van der Waals surface area contributed by atoms with Crippen molar-refractivity contribution in [3.05, 3.63) is 65.1 Å². The highest BCUT2D eigenvalue weighted by Gasteiger charge is 2.11. The van der Waals surface area contributed by atoms with E-state index >= 15 is 0 Å². The molecule has 0 aliphatic carbocycles. The van der Waals surface area contributed by atoms with Gasteiger partial charge in [0.2, 0.25) is 0 Å². The molecule has 0 radical (unpaired) electrons. The van der Waals surface area contributed by atoms with E-state index < -0.39 is 0 Å². The van der Waals surface area contributed by atoms with Crippen molar-refractivity contribution in [1.82, 2.24) is 19.2 Å². The van der Waals surface area contributed by atoms with E-state index in [0.717, 1.165) is 18.0 Å². The third kappa shape index (κ3) is 1.91. The molecule has 0 amide bonds. The Kier molecular flexibility index (Phi) is 2.79. The Morgan fingerprint density at radius 2 is 1.64 bits per heavy atom. The molecule has 0 saturated heterocycles. The molecule has 0 fully saturated rings. The fraction of sp³-hybridized carbons (Fsp3) is 0.222. The van der Waals surface area contributed by atoms with Gasteiger partial charge in [0.15, 0.2) is 5.65 Å². The molecule has 3 heterocycles. The average Bonchev–Trinajstić information content (AvgIpc) is 3.03.